The lowest BCUT2D eigenvalue weighted by Gasteiger charge is -2.08. The maximum Gasteiger partial charge on any atom is 0.416 e. The summed E-state index contributed by atoms with van der Waals surface area (Å²) in [4.78, 5) is 7.38. The summed E-state index contributed by atoms with van der Waals surface area (Å²) in [5.41, 5.74) is 2.88. The van der Waals surface area contributed by atoms with Gasteiger partial charge in [-0.3, -0.25) is 4.68 Å². The molecule has 0 saturated heterocycles. The Labute approximate surface area is 140 Å². The average molecular weight is 342 g/mol. The molecule has 0 aliphatic carbocycles. The first-order valence-corrected chi connectivity index (χ1v) is 7.55. The van der Waals surface area contributed by atoms with Gasteiger partial charge in [0.25, 0.3) is 0 Å². The highest BCUT2D eigenvalue weighted by Gasteiger charge is 2.30. The minimum absolute atomic E-state index is 0.492. The first-order valence-electron chi connectivity index (χ1n) is 7.55. The number of nitrogens with zero attached hydrogens (tertiary/aromatic N) is 3. The fourth-order valence-corrected chi connectivity index (χ4v) is 2.83. The summed E-state index contributed by atoms with van der Waals surface area (Å²) in [6.07, 6.45) is 2.60. The van der Waals surface area contributed by atoms with Crippen LogP contribution in [0.2, 0.25) is 0 Å². The summed E-state index contributed by atoms with van der Waals surface area (Å²) in [5.74, 6) is 0. The van der Waals surface area contributed by atoms with Crippen molar-refractivity contribution in [3.8, 4) is 22.3 Å². The largest absolute Gasteiger partial charge is 0.416 e. The molecule has 25 heavy (non-hydrogen) atoms. The van der Waals surface area contributed by atoms with E-state index in [9.17, 15) is 13.2 Å². The van der Waals surface area contributed by atoms with Crippen LogP contribution in [0.4, 0.5) is 13.2 Å². The quantitative estimate of drug-likeness (QED) is 0.576. The highest BCUT2D eigenvalue weighted by Crippen LogP contribution is 2.35. The third kappa shape index (κ3) is 2.77. The lowest BCUT2D eigenvalue weighted by Crippen LogP contribution is -2.04. The number of aryl methyl sites for hydroxylation is 1. The first kappa shape index (κ1) is 15.4. The summed E-state index contributed by atoms with van der Waals surface area (Å²) in [5, 5.41) is 4.90. The molecule has 4 nitrogen and oxygen atoms in total. The first-order chi connectivity index (χ1) is 11.9. The van der Waals surface area contributed by atoms with Crippen molar-refractivity contribution in [2.24, 2.45) is 7.05 Å². The van der Waals surface area contributed by atoms with E-state index >= 15 is 0 Å². The normalized spacial score (nSPS) is 12.0. The number of hydrogen-bond donors (Lipinski definition) is 1. The van der Waals surface area contributed by atoms with Gasteiger partial charge in [0.15, 0.2) is 0 Å². The van der Waals surface area contributed by atoms with E-state index in [0.717, 1.165) is 28.6 Å². The van der Waals surface area contributed by atoms with Crippen LogP contribution < -0.4 is 0 Å². The van der Waals surface area contributed by atoms with Crippen LogP contribution in [0.5, 0.6) is 0 Å². The molecule has 0 bridgehead atoms. The molecule has 0 radical (unpaired) electrons. The minimum Gasteiger partial charge on any atom is -0.346 e. The third-order valence-corrected chi connectivity index (χ3v) is 4.07. The monoisotopic (exact) mass is 342 g/mol. The Morgan fingerprint density at radius 3 is 2.60 bits per heavy atom. The van der Waals surface area contributed by atoms with Crippen LogP contribution in [0.25, 0.3) is 33.3 Å². The zero-order valence-electron chi connectivity index (χ0n) is 13.2. The number of rotatable bonds is 2. The molecule has 4 aromatic rings. The Hall–Kier alpha value is -3.09. The van der Waals surface area contributed by atoms with Gasteiger partial charge in [0.2, 0.25) is 0 Å². The van der Waals surface area contributed by atoms with Crippen LogP contribution in [-0.2, 0) is 13.2 Å². The maximum atomic E-state index is 13.0. The van der Waals surface area contributed by atoms with E-state index in [1.807, 2.05) is 19.3 Å². The minimum atomic E-state index is -4.37. The molecule has 126 valence electrons. The molecule has 0 atom stereocenters. The van der Waals surface area contributed by atoms with E-state index in [0.29, 0.717) is 16.8 Å². The summed E-state index contributed by atoms with van der Waals surface area (Å²) in [6, 6.07) is 7.20. The molecule has 0 spiro atoms. The lowest BCUT2D eigenvalue weighted by atomic mass is 10.0. The van der Waals surface area contributed by atoms with Crippen molar-refractivity contribution in [1.82, 2.24) is 19.7 Å². The van der Waals surface area contributed by atoms with Crippen molar-refractivity contribution >= 4 is 11.0 Å². The van der Waals surface area contributed by atoms with E-state index < -0.39 is 11.7 Å². The van der Waals surface area contributed by atoms with Crippen LogP contribution >= 0.6 is 0 Å². The van der Waals surface area contributed by atoms with Crippen LogP contribution in [0.15, 0.2) is 55.1 Å². The molecule has 0 unspecified atom stereocenters. The fourth-order valence-electron chi connectivity index (χ4n) is 2.83. The molecule has 0 fully saturated rings. The van der Waals surface area contributed by atoms with Crippen molar-refractivity contribution in [2.45, 2.75) is 6.18 Å². The van der Waals surface area contributed by atoms with Gasteiger partial charge in [-0.05, 0) is 23.8 Å². The maximum absolute atomic E-state index is 13.0. The van der Waals surface area contributed by atoms with Gasteiger partial charge in [-0.2, -0.15) is 18.3 Å². The standard InChI is InChI=1S/C18H13F3N4/c1-25-10-13(8-24-25)12-6-15-16(9-23-17(15)22-7-12)11-3-2-4-14(5-11)18(19,20)21/h2-10H,1H3,(H,22,23). The number of H-pyrrole nitrogens is 1. The number of halogens is 3. The lowest BCUT2D eigenvalue weighted by molar-refractivity contribution is -0.137. The second-order valence-corrected chi connectivity index (χ2v) is 5.80. The van der Waals surface area contributed by atoms with Crippen molar-refractivity contribution in [2.75, 3.05) is 0 Å². The molecule has 0 aliphatic rings. The molecule has 0 amide bonds. The van der Waals surface area contributed by atoms with Gasteiger partial charge in [0.1, 0.15) is 5.65 Å². The highest BCUT2D eigenvalue weighted by molar-refractivity contribution is 5.95. The van der Waals surface area contributed by atoms with Gasteiger partial charge in [-0.15, -0.1) is 0 Å². The van der Waals surface area contributed by atoms with Gasteiger partial charge < -0.3 is 4.98 Å². The summed E-state index contributed by atoms with van der Waals surface area (Å²) in [7, 11) is 1.82. The van der Waals surface area contributed by atoms with Gasteiger partial charge in [0, 0.05) is 47.7 Å². The second-order valence-electron chi connectivity index (χ2n) is 5.80. The number of alkyl halides is 3. The van der Waals surface area contributed by atoms with Crippen molar-refractivity contribution in [3.63, 3.8) is 0 Å². The van der Waals surface area contributed by atoms with Crippen molar-refractivity contribution < 1.29 is 13.2 Å². The molecule has 3 heterocycles. The Bertz CT molecular complexity index is 1060. The van der Waals surface area contributed by atoms with Gasteiger partial charge in [0.05, 0.1) is 11.8 Å². The Kier molecular flexibility index (Phi) is 3.38. The molecule has 0 aliphatic heterocycles. The van der Waals surface area contributed by atoms with Gasteiger partial charge in [-0.1, -0.05) is 12.1 Å². The van der Waals surface area contributed by atoms with Crippen molar-refractivity contribution in [3.05, 3.63) is 60.7 Å². The van der Waals surface area contributed by atoms with E-state index in [2.05, 4.69) is 15.1 Å². The SMILES string of the molecule is Cn1cc(-c2cnc3[nH]cc(-c4cccc(C(F)(F)F)c4)c3c2)cn1. The van der Waals surface area contributed by atoms with E-state index in [1.54, 1.807) is 29.3 Å². The highest BCUT2D eigenvalue weighted by atomic mass is 19.4. The molecule has 1 aromatic carbocycles. The molecule has 0 saturated carbocycles. The molecule has 3 aromatic heterocycles. The van der Waals surface area contributed by atoms with Gasteiger partial charge in [-0.25, -0.2) is 4.98 Å². The molecule has 4 rings (SSSR count). The Morgan fingerprint density at radius 2 is 1.88 bits per heavy atom. The van der Waals surface area contributed by atoms with E-state index in [4.69, 9.17) is 0 Å². The summed E-state index contributed by atoms with van der Waals surface area (Å²) >= 11 is 0. The predicted octanol–water partition coefficient (Wildman–Crippen LogP) is 4.65. The molecular formula is C18H13F3N4. The number of fused-ring (bicyclic) bond motifs is 1. The summed E-state index contributed by atoms with van der Waals surface area (Å²) in [6.45, 7) is 0. The third-order valence-electron chi connectivity index (χ3n) is 4.07. The zero-order chi connectivity index (χ0) is 17.6. The number of aromatic nitrogens is 4. The molecule has 7 heteroatoms. The number of benzene rings is 1. The van der Waals surface area contributed by atoms with E-state index in [-0.39, 0.29) is 0 Å². The fraction of sp³-hybridized carbons (Fsp3) is 0.111. The number of pyridine rings is 1. The topological polar surface area (TPSA) is 46.5 Å². The van der Waals surface area contributed by atoms with Crippen LogP contribution in [0.1, 0.15) is 5.56 Å². The molecular weight excluding hydrogens is 329 g/mol. The Morgan fingerprint density at radius 1 is 1.04 bits per heavy atom. The zero-order valence-corrected chi connectivity index (χ0v) is 13.2. The summed E-state index contributed by atoms with van der Waals surface area (Å²) < 4.78 is 40.6. The van der Waals surface area contributed by atoms with E-state index in [1.165, 1.54) is 6.07 Å². The Balaban J connectivity index is 1.85. The number of nitrogens with one attached hydrogen (secondary N) is 1. The average Bonchev–Trinajstić information content (AvgIpc) is 3.19. The molecule has 1 N–H and O–H groups in total. The van der Waals surface area contributed by atoms with Crippen LogP contribution in [0.3, 0.4) is 0 Å². The van der Waals surface area contributed by atoms with Crippen LogP contribution in [-0.4, -0.2) is 19.7 Å². The second kappa shape index (κ2) is 5.47. The van der Waals surface area contributed by atoms with Crippen LogP contribution in [0, 0.1) is 0 Å². The van der Waals surface area contributed by atoms with Crippen molar-refractivity contribution in [1.29, 1.82) is 0 Å². The van der Waals surface area contributed by atoms with Gasteiger partial charge >= 0.3 is 6.18 Å². The predicted molar refractivity (Wildman–Crippen MR) is 88.7 cm³/mol. The smallest absolute Gasteiger partial charge is 0.346 e. The number of hydrogen-bond acceptors (Lipinski definition) is 2. The number of aromatic amines is 1.